The Morgan fingerprint density at radius 2 is 2.04 bits per heavy atom. The second kappa shape index (κ2) is 5.84. The molecule has 0 fully saturated rings. The average Bonchev–Trinajstić information content (AvgIpc) is 2.93. The summed E-state index contributed by atoms with van der Waals surface area (Å²) in [6.07, 6.45) is 2.30. The molecule has 25 heavy (non-hydrogen) atoms. The molecule has 0 aliphatic carbocycles. The van der Waals surface area contributed by atoms with Crippen LogP contribution in [0.3, 0.4) is 0 Å². The Morgan fingerprint density at radius 3 is 2.88 bits per heavy atom. The van der Waals surface area contributed by atoms with E-state index >= 15 is 0 Å². The highest BCUT2D eigenvalue weighted by atomic mass is 16.2. The van der Waals surface area contributed by atoms with Crippen LogP contribution < -0.4 is 10.5 Å². The molecule has 0 saturated carbocycles. The van der Waals surface area contributed by atoms with Crippen molar-refractivity contribution in [3.63, 3.8) is 0 Å². The SMILES string of the molecule is Cc1ccc2ncn(CC(=O)N3c4ccccc4CC3C)c(=O)c2c1. The van der Waals surface area contributed by atoms with Crippen molar-refractivity contribution >= 4 is 22.5 Å². The van der Waals surface area contributed by atoms with E-state index in [1.165, 1.54) is 16.5 Å². The van der Waals surface area contributed by atoms with Crippen LogP contribution in [-0.2, 0) is 17.8 Å². The van der Waals surface area contributed by atoms with Crippen molar-refractivity contribution in [2.24, 2.45) is 0 Å². The summed E-state index contributed by atoms with van der Waals surface area (Å²) < 4.78 is 1.40. The third-order valence-corrected chi connectivity index (χ3v) is 4.76. The number of benzene rings is 2. The van der Waals surface area contributed by atoms with E-state index in [4.69, 9.17) is 0 Å². The average molecular weight is 333 g/mol. The van der Waals surface area contributed by atoms with E-state index in [9.17, 15) is 9.59 Å². The van der Waals surface area contributed by atoms with Gasteiger partial charge in [0.2, 0.25) is 5.91 Å². The molecule has 1 unspecified atom stereocenters. The Kier molecular flexibility index (Phi) is 3.64. The molecule has 1 atom stereocenters. The lowest BCUT2D eigenvalue weighted by Gasteiger charge is -2.23. The van der Waals surface area contributed by atoms with Gasteiger partial charge < -0.3 is 4.90 Å². The molecule has 0 saturated heterocycles. The van der Waals surface area contributed by atoms with E-state index in [-0.39, 0.29) is 24.1 Å². The Labute approximate surface area is 145 Å². The molecular weight excluding hydrogens is 314 g/mol. The fraction of sp³-hybridized carbons (Fsp3) is 0.250. The summed E-state index contributed by atoms with van der Waals surface area (Å²) in [5.74, 6) is -0.0895. The molecule has 126 valence electrons. The maximum atomic E-state index is 12.9. The first kappa shape index (κ1) is 15.6. The molecule has 1 aliphatic rings. The molecule has 0 bridgehead atoms. The molecule has 2 aromatic carbocycles. The Hall–Kier alpha value is -2.95. The van der Waals surface area contributed by atoms with E-state index in [1.807, 2.05) is 56.3 Å². The van der Waals surface area contributed by atoms with Crippen molar-refractivity contribution in [1.82, 2.24) is 9.55 Å². The lowest BCUT2D eigenvalue weighted by atomic mass is 10.1. The van der Waals surface area contributed by atoms with E-state index in [0.717, 1.165) is 17.7 Å². The largest absolute Gasteiger partial charge is 0.307 e. The highest BCUT2D eigenvalue weighted by Gasteiger charge is 2.30. The molecule has 1 amide bonds. The standard InChI is InChI=1S/C20H19N3O2/c1-13-7-8-17-16(9-13)20(25)22(12-21-17)11-19(24)23-14(2)10-15-5-3-4-6-18(15)23/h3-9,12,14H,10-11H2,1-2H3. The van der Waals surface area contributed by atoms with Gasteiger partial charge in [-0.2, -0.15) is 0 Å². The van der Waals surface area contributed by atoms with E-state index < -0.39 is 0 Å². The Balaban J connectivity index is 1.69. The van der Waals surface area contributed by atoms with Gasteiger partial charge in [0.25, 0.3) is 5.56 Å². The quantitative estimate of drug-likeness (QED) is 0.724. The van der Waals surface area contributed by atoms with Crippen molar-refractivity contribution < 1.29 is 4.79 Å². The number of fused-ring (bicyclic) bond motifs is 2. The fourth-order valence-corrected chi connectivity index (χ4v) is 3.55. The number of hydrogen-bond acceptors (Lipinski definition) is 3. The summed E-state index contributed by atoms with van der Waals surface area (Å²) in [7, 11) is 0. The molecule has 5 nitrogen and oxygen atoms in total. The zero-order chi connectivity index (χ0) is 17.6. The minimum atomic E-state index is -0.179. The maximum absolute atomic E-state index is 12.9. The number of carbonyl (C=O) groups is 1. The Bertz CT molecular complexity index is 1040. The second-order valence-corrected chi connectivity index (χ2v) is 6.64. The summed E-state index contributed by atoms with van der Waals surface area (Å²) >= 11 is 0. The lowest BCUT2D eigenvalue weighted by molar-refractivity contribution is -0.119. The van der Waals surface area contributed by atoms with Gasteiger partial charge in [0, 0.05) is 11.7 Å². The summed E-state index contributed by atoms with van der Waals surface area (Å²) in [6.45, 7) is 3.96. The molecule has 5 heteroatoms. The molecule has 0 N–H and O–H groups in total. The normalized spacial score (nSPS) is 16.2. The number of hydrogen-bond donors (Lipinski definition) is 0. The van der Waals surface area contributed by atoms with Gasteiger partial charge in [-0.15, -0.1) is 0 Å². The predicted molar refractivity (Wildman–Crippen MR) is 97.8 cm³/mol. The van der Waals surface area contributed by atoms with Crippen molar-refractivity contribution in [2.45, 2.75) is 32.9 Å². The summed E-state index contributed by atoms with van der Waals surface area (Å²) in [6, 6.07) is 13.6. The van der Waals surface area contributed by atoms with Crippen LogP contribution in [0.2, 0.25) is 0 Å². The van der Waals surface area contributed by atoms with Crippen LogP contribution in [0, 0.1) is 6.92 Å². The first-order valence-electron chi connectivity index (χ1n) is 8.40. The fourth-order valence-electron chi connectivity index (χ4n) is 3.55. The van der Waals surface area contributed by atoms with Crippen LogP contribution >= 0.6 is 0 Å². The number of aromatic nitrogens is 2. The number of rotatable bonds is 2. The first-order chi connectivity index (χ1) is 12.0. The lowest BCUT2D eigenvalue weighted by Crippen LogP contribution is -2.40. The summed E-state index contributed by atoms with van der Waals surface area (Å²) in [5.41, 5.74) is 3.58. The number of para-hydroxylation sites is 1. The molecule has 0 spiro atoms. The van der Waals surface area contributed by atoms with Crippen LogP contribution in [0.4, 0.5) is 5.69 Å². The maximum Gasteiger partial charge on any atom is 0.261 e. The monoisotopic (exact) mass is 333 g/mol. The molecule has 3 aromatic rings. The topological polar surface area (TPSA) is 55.2 Å². The third-order valence-electron chi connectivity index (χ3n) is 4.76. The van der Waals surface area contributed by atoms with Crippen LogP contribution in [0.25, 0.3) is 10.9 Å². The number of amides is 1. The van der Waals surface area contributed by atoms with Gasteiger partial charge in [0.1, 0.15) is 6.54 Å². The van der Waals surface area contributed by atoms with Crippen molar-refractivity contribution in [3.05, 3.63) is 70.3 Å². The first-order valence-corrected chi connectivity index (χ1v) is 8.40. The van der Waals surface area contributed by atoms with Crippen molar-refractivity contribution in [1.29, 1.82) is 0 Å². The van der Waals surface area contributed by atoms with Crippen LogP contribution in [-0.4, -0.2) is 21.5 Å². The van der Waals surface area contributed by atoms with E-state index in [2.05, 4.69) is 4.98 Å². The molecule has 1 aliphatic heterocycles. The van der Waals surface area contributed by atoms with Crippen LogP contribution in [0.1, 0.15) is 18.1 Å². The molecule has 0 radical (unpaired) electrons. The number of carbonyl (C=O) groups excluding carboxylic acids is 1. The zero-order valence-corrected chi connectivity index (χ0v) is 14.3. The van der Waals surface area contributed by atoms with Gasteiger partial charge in [0.05, 0.1) is 17.2 Å². The second-order valence-electron chi connectivity index (χ2n) is 6.64. The molecular formula is C20H19N3O2. The third kappa shape index (κ3) is 2.61. The summed E-state index contributed by atoms with van der Waals surface area (Å²) in [4.78, 5) is 31.7. The van der Waals surface area contributed by atoms with Gasteiger partial charge in [-0.1, -0.05) is 29.8 Å². The van der Waals surface area contributed by atoms with Crippen LogP contribution in [0.5, 0.6) is 0 Å². The van der Waals surface area contributed by atoms with Crippen molar-refractivity contribution in [3.8, 4) is 0 Å². The molecule has 4 rings (SSSR count). The van der Waals surface area contributed by atoms with Gasteiger partial charge in [-0.05, 0) is 44.0 Å². The van der Waals surface area contributed by atoms with Crippen molar-refractivity contribution in [2.75, 3.05) is 4.90 Å². The predicted octanol–water partition coefficient (Wildman–Crippen LogP) is 2.68. The van der Waals surface area contributed by atoms with Gasteiger partial charge in [-0.3, -0.25) is 14.2 Å². The zero-order valence-electron chi connectivity index (χ0n) is 14.3. The molecule has 1 aromatic heterocycles. The number of anilines is 1. The highest BCUT2D eigenvalue weighted by Crippen LogP contribution is 2.31. The smallest absolute Gasteiger partial charge is 0.261 e. The number of nitrogens with zero attached hydrogens (tertiary/aromatic N) is 3. The van der Waals surface area contributed by atoms with E-state index in [0.29, 0.717) is 10.9 Å². The minimum absolute atomic E-state index is 0.00557. The number of aryl methyl sites for hydroxylation is 1. The Morgan fingerprint density at radius 1 is 1.24 bits per heavy atom. The van der Waals surface area contributed by atoms with E-state index in [1.54, 1.807) is 4.90 Å². The van der Waals surface area contributed by atoms with Gasteiger partial charge >= 0.3 is 0 Å². The van der Waals surface area contributed by atoms with Crippen LogP contribution in [0.15, 0.2) is 53.6 Å². The highest BCUT2D eigenvalue weighted by molar-refractivity contribution is 5.96. The molecule has 2 heterocycles. The van der Waals surface area contributed by atoms with Gasteiger partial charge in [0.15, 0.2) is 0 Å². The minimum Gasteiger partial charge on any atom is -0.307 e. The van der Waals surface area contributed by atoms with Gasteiger partial charge in [-0.25, -0.2) is 4.98 Å². The summed E-state index contributed by atoms with van der Waals surface area (Å²) in [5, 5.41) is 0.546.